The van der Waals surface area contributed by atoms with E-state index < -0.39 is 0 Å². The molecule has 0 unspecified atom stereocenters. The van der Waals surface area contributed by atoms with Gasteiger partial charge in [-0.05, 0) is 31.2 Å². The number of hydrogen-bond donors (Lipinski definition) is 2. The molecule has 6 nitrogen and oxygen atoms in total. The molecule has 0 aliphatic carbocycles. The van der Waals surface area contributed by atoms with Gasteiger partial charge in [0.25, 0.3) is 0 Å². The quantitative estimate of drug-likeness (QED) is 0.718. The Labute approximate surface area is 145 Å². The molecule has 0 saturated heterocycles. The maximum Gasteiger partial charge on any atom is 0.193 e. The molecule has 24 heavy (non-hydrogen) atoms. The van der Waals surface area contributed by atoms with E-state index in [0.29, 0.717) is 12.4 Å². The van der Waals surface area contributed by atoms with E-state index in [1.807, 2.05) is 21.0 Å². The second-order valence-electron chi connectivity index (χ2n) is 5.90. The van der Waals surface area contributed by atoms with E-state index in [1.54, 1.807) is 11.3 Å². The Hall–Kier alpha value is -2.25. The molecule has 126 valence electrons. The molecule has 2 heterocycles. The van der Waals surface area contributed by atoms with Gasteiger partial charge in [-0.25, -0.2) is 9.97 Å². The van der Waals surface area contributed by atoms with Gasteiger partial charge in [0.15, 0.2) is 5.82 Å². The molecule has 0 saturated carbocycles. The number of rotatable bonds is 6. The van der Waals surface area contributed by atoms with Crippen LogP contribution in [0.25, 0.3) is 10.7 Å². The van der Waals surface area contributed by atoms with Gasteiger partial charge in [0.05, 0.1) is 15.6 Å². The average Bonchev–Trinajstić information content (AvgIpc) is 3.15. The normalized spacial score (nSPS) is 11.0. The number of nitrogens with zero attached hydrogens (tertiary/aromatic N) is 4. The fraction of sp³-hybridized carbons (Fsp3) is 0.353. The van der Waals surface area contributed by atoms with Crippen LogP contribution in [0.2, 0.25) is 0 Å². The number of benzene rings is 1. The Balaban J connectivity index is 1.75. The Morgan fingerprint density at radius 1 is 1.17 bits per heavy atom. The van der Waals surface area contributed by atoms with Crippen LogP contribution in [0.1, 0.15) is 22.1 Å². The number of aryl methyl sites for hydroxylation is 1. The van der Waals surface area contributed by atoms with E-state index in [9.17, 15) is 0 Å². The van der Waals surface area contributed by atoms with Gasteiger partial charge in [0.2, 0.25) is 0 Å². The summed E-state index contributed by atoms with van der Waals surface area (Å²) in [5.74, 6) is 1.57. The summed E-state index contributed by atoms with van der Waals surface area (Å²) in [7, 11) is 4.07. The van der Waals surface area contributed by atoms with Crippen molar-refractivity contribution in [1.82, 2.24) is 20.2 Å². The molecule has 0 aliphatic rings. The molecule has 0 radical (unpaired) electrons. The van der Waals surface area contributed by atoms with Crippen LogP contribution in [0.3, 0.4) is 0 Å². The second-order valence-corrected chi connectivity index (χ2v) is 6.99. The molecule has 7 heteroatoms. The van der Waals surface area contributed by atoms with Crippen LogP contribution in [0.4, 0.5) is 5.69 Å². The number of thiazole rings is 1. The van der Waals surface area contributed by atoms with Crippen LogP contribution in [-0.4, -0.2) is 40.8 Å². The summed E-state index contributed by atoms with van der Waals surface area (Å²) in [6.45, 7) is 2.59. The molecule has 3 N–H and O–H groups in total. The molecule has 0 aliphatic heterocycles. The molecule has 1 aromatic carbocycles. The molecule has 2 aromatic heterocycles. The van der Waals surface area contributed by atoms with Crippen molar-refractivity contribution in [2.24, 2.45) is 5.73 Å². The molecule has 0 fully saturated rings. The minimum Gasteiger partial charge on any atom is -0.378 e. The lowest BCUT2D eigenvalue weighted by Crippen LogP contribution is -2.08. The van der Waals surface area contributed by atoms with Gasteiger partial charge in [-0.1, -0.05) is 12.1 Å². The fourth-order valence-electron chi connectivity index (χ4n) is 2.47. The van der Waals surface area contributed by atoms with Crippen molar-refractivity contribution in [3.05, 3.63) is 46.4 Å². The van der Waals surface area contributed by atoms with Crippen molar-refractivity contribution in [2.75, 3.05) is 25.5 Å². The average molecular weight is 342 g/mol. The van der Waals surface area contributed by atoms with Crippen molar-refractivity contribution in [1.29, 1.82) is 0 Å². The second kappa shape index (κ2) is 7.11. The summed E-state index contributed by atoms with van der Waals surface area (Å²) in [6, 6.07) is 8.46. The number of H-pyrrole nitrogens is 1. The first-order valence-electron chi connectivity index (χ1n) is 7.91. The van der Waals surface area contributed by atoms with E-state index >= 15 is 0 Å². The Bertz CT molecular complexity index is 803. The maximum absolute atomic E-state index is 5.60. The van der Waals surface area contributed by atoms with Gasteiger partial charge in [0.1, 0.15) is 5.82 Å². The summed E-state index contributed by atoms with van der Waals surface area (Å²) in [5, 5.41) is 8.44. The Morgan fingerprint density at radius 3 is 2.58 bits per heavy atom. The van der Waals surface area contributed by atoms with Crippen molar-refractivity contribution in [2.45, 2.75) is 19.8 Å². The minimum atomic E-state index is 0.606. The van der Waals surface area contributed by atoms with Crippen molar-refractivity contribution in [3.63, 3.8) is 0 Å². The van der Waals surface area contributed by atoms with E-state index in [2.05, 4.69) is 49.3 Å². The highest BCUT2D eigenvalue weighted by atomic mass is 32.1. The van der Waals surface area contributed by atoms with E-state index in [-0.39, 0.29) is 0 Å². The van der Waals surface area contributed by atoms with Crippen LogP contribution in [-0.2, 0) is 12.8 Å². The third-order valence-corrected chi connectivity index (χ3v) is 4.97. The lowest BCUT2D eigenvalue weighted by Gasteiger charge is -2.12. The molecule has 0 bridgehead atoms. The largest absolute Gasteiger partial charge is 0.378 e. The number of hydrogen-bond acceptors (Lipinski definition) is 6. The highest BCUT2D eigenvalue weighted by molar-refractivity contribution is 7.15. The van der Waals surface area contributed by atoms with Gasteiger partial charge in [0, 0.05) is 32.6 Å². The van der Waals surface area contributed by atoms with Crippen LogP contribution in [0, 0.1) is 6.92 Å². The lowest BCUT2D eigenvalue weighted by molar-refractivity contribution is 0.945. The van der Waals surface area contributed by atoms with Crippen molar-refractivity contribution >= 4 is 17.0 Å². The molecule has 3 aromatic rings. The molecule has 0 atom stereocenters. The predicted molar refractivity (Wildman–Crippen MR) is 98.6 cm³/mol. The van der Waals surface area contributed by atoms with Crippen molar-refractivity contribution in [3.8, 4) is 10.7 Å². The summed E-state index contributed by atoms with van der Waals surface area (Å²) in [5.41, 5.74) is 8.95. The zero-order valence-electron chi connectivity index (χ0n) is 14.2. The van der Waals surface area contributed by atoms with E-state index in [0.717, 1.165) is 34.2 Å². The summed E-state index contributed by atoms with van der Waals surface area (Å²) in [4.78, 5) is 12.3. The predicted octanol–water partition coefficient (Wildman–Crippen LogP) is 2.39. The number of aromatic nitrogens is 4. The number of nitrogens with two attached hydrogens (primary N) is 1. The van der Waals surface area contributed by atoms with E-state index in [4.69, 9.17) is 5.73 Å². The summed E-state index contributed by atoms with van der Waals surface area (Å²) >= 11 is 1.62. The third-order valence-electron chi connectivity index (χ3n) is 3.76. The molecular formula is C17H22N6S. The topological polar surface area (TPSA) is 83.7 Å². The maximum atomic E-state index is 5.60. The highest BCUT2D eigenvalue weighted by Crippen LogP contribution is 2.27. The number of anilines is 1. The fourth-order valence-corrected chi connectivity index (χ4v) is 3.49. The van der Waals surface area contributed by atoms with Crippen LogP contribution in [0.15, 0.2) is 24.3 Å². The van der Waals surface area contributed by atoms with Gasteiger partial charge in [-0.3, -0.25) is 5.10 Å². The molecule has 0 amide bonds. The molecule has 3 rings (SSSR count). The van der Waals surface area contributed by atoms with Crippen LogP contribution < -0.4 is 10.6 Å². The zero-order chi connectivity index (χ0) is 17.1. The first kappa shape index (κ1) is 16.6. The van der Waals surface area contributed by atoms with Gasteiger partial charge >= 0.3 is 0 Å². The number of nitrogens with one attached hydrogen (secondary N) is 1. The minimum absolute atomic E-state index is 0.606. The number of aromatic amines is 1. The zero-order valence-corrected chi connectivity index (χ0v) is 15.0. The van der Waals surface area contributed by atoms with E-state index in [1.165, 1.54) is 11.3 Å². The SMILES string of the molecule is Cc1nc(CCN)sc1-c1n[nH]c(Cc2ccc(N(C)C)cc2)n1. The first-order chi connectivity index (χ1) is 11.6. The molecule has 0 spiro atoms. The van der Waals surface area contributed by atoms with Gasteiger partial charge in [-0.15, -0.1) is 11.3 Å². The Kier molecular flexibility index (Phi) is 4.92. The molecular weight excluding hydrogens is 320 g/mol. The Morgan fingerprint density at radius 2 is 1.92 bits per heavy atom. The monoisotopic (exact) mass is 342 g/mol. The van der Waals surface area contributed by atoms with Gasteiger partial charge < -0.3 is 10.6 Å². The van der Waals surface area contributed by atoms with Crippen molar-refractivity contribution < 1.29 is 0 Å². The summed E-state index contributed by atoms with van der Waals surface area (Å²) in [6.07, 6.45) is 1.52. The van der Waals surface area contributed by atoms with Gasteiger partial charge in [-0.2, -0.15) is 5.10 Å². The smallest absolute Gasteiger partial charge is 0.193 e. The van der Waals surface area contributed by atoms with Crippen LogP contribution in [0.5, 0.6) is 0 Å². The van der Waals surface area contributed by atoms with Crippen LogP contribution >= 0.6 is 11.3 Å². The summed E-state index contributed by atoms with van der Waals surface area (Å²) < 4.78 is 0. The third kappa shape index (κ3) is 3.63. The first-order valence-corrected chi connectivity index (χ1v) is 8.72. The standard InChI is InChI=1S/C17H22N6S/c1-11-16(24-15(19-11)8-9-18)17-20-14(21-22-17)10-12-4-6-13(7-5-12)23(2)3/h4-7H,8-10,18H2,1-3H3,(H,20,21,22). The lowest BCUT2D eigenvalue weighted by atomic mass is 10.1. The highest BCUT2D eigenvalue weighted by Gasteiger charge is 2.14.